The monoisotopic (exact) mass is 277 g/mol. The molecule has 2 aromatic carbocycles. The van der Waals surface area contributed by atoms with Crippen LogP contribution in [0.3, 0.4) is 0 Å². The van der Waals surface area contributed by atoms with E-state index in [1.807, 2.05) is 30.3 Å². The second-order valence-corrected chi connectivity index (χ2v) is 5.50. The molecular formula is C14H15NO3S. The third kappa shape index (κ3) is 4.08. The van der Waals surface area contributed by atoms with E-state index >= 15 is 0 Å². The van der Waals surface area contributed by atoms with E-state index in [2.05, 4.69) is 5.32 Å². The van der Waals surface area contributed by atoms with Gasteiger partial charge < -0.3 is 5.32 Å². The van der Waals surface area contributed by atoms with Crippen LogP contribution in [0, 0.1) is 0 Å². The summed E-state index contributed by atoms with van der Waals surface area (Å²) >= 11 is 0. The highest BCUT2D eigenvalue weighted by Crippen LogP contribution is 2.11. The third-order valence-corrected chi connectivity index (χ3v) is 3.80. The summed E-state index contributed by atoms with van der Waals surface area (Å²) in [6.07, 6.45) is 0. The topological polar surface area (TPSA) is 55.4 Å². The van der Waals surface area contributed by atoms with Crippen LogP contribution in [0.2, 0.25) is 0 Å². The van der Waals surface area contributed by atoms with Crippen molar-refractivity contribution < 1.29 is 12.6 Å². The van der Waals surface area contributed by atoms with Gasteiger partial charge in [-0.3, -0.25) is 4.18 Å². The lowest BCUT2D eigenvalue weighted by molar-refractivity contribution is 0.331. The molecule has 0 unspecified atom stereocenters. The van der Waals surface area contributed by atoms with Gasteiger partial charge in [0, 0.05) is 12.2 Å². The Bertz CT molecular complexity index is 597. The zero-order chi connectivity index (χ0) is 13.6. The Morgan fingerprint density at radius 2 is 1.47 bits per heavy atom. The van der Waals surface area contributed by atoms with Crippen molar-refractivity contribution >= 4 is 15.8 Å². The molecule has 2 rings (SSSR count). The van der Waals surface area contributed by atoms with Gasteiger partial charge in [0.2, 0.25) is 0 Å². The number of hydrogen-bond acceptors (Lipinski definition) is 4. The van der Waals surface area contributed by atoms with E-state index < -0.39 is 10.1 Å². The van der Waals surface area contributed by atoms with Crippen LogP contribution in [0.1, 0.15) is 0 Å². The third-order valence-electron chi connectivity index (χ3n) is 2.48. The van der Waals surface area contributed by atoms with Crippen molar-refractivity contribution in [3.05, 3.63) is 60.7 Å². The van der Waals surface area contributed by atoms with Crippen LogP contribution in [-0.2, 0) is 14.3 Å². The maximum Gasteiger partial charge on any atom is 0.297 e. The summed E-state index contributed by atoms with van der Waals surface area (Å²) in [5.41, 5.74) is 0.934. The first-order valence-corrected chi connectivity index (χ1v) is 7.33. The largest absolute Gasteiger partial charge is 0.383 e. The molecule has 1 N–H and O–H groups in total. The highest BCUT2D eigenvalue weighted by atomic mass is 32.2. The Labute approximate surface area is 113 Å². The lowest BCUT2D eigenvalue weighted by Gasteiger charge is -2.07. The summed E-state index contributed by atoms with van der Waals surface area (Å²) in [7, 11) is -3.65. The highest BCUT2D eigenvalue weighted by Gasteiger charge is 2.13. The van der Waals surface area contributed by atoms with Crippen molar-refractivity contribution in [3.8, 4) is 0 Å². The van der Waals surface area contributed by atoms with E-state index in [9.17, 15) is 8.42 Å². The number of anilines is 1. The van der Waals surface area contributed by atoms with Crippen LogP contribution < -0.4 is 5.32 Å². The summed E-state index contributed by atoms with van der Waals surface area (Å²) in [5.74, 6) is 0. The standard InChI is InChI=1S/C14H15NO3S/c16-19(17,14-9-5-2-6-10-14)18-12-11-15-13-7-3-1-4-8-13/h1-10,15H,11-12H2. The van der Waals surface area contributed by atoms with Gasteiger partial charge in [-0.2, -0.15) is 8.42 Å². The molecule has 0 saturated carbocycles. The molecule has 0 aliphatic heterocycles. The van der Waals surface area contributed by atoms with Gasteiger partial charge in [0.15, 0.2) is 0 Å². The molecule has 0 aromatic heterocycles. The quantitative estimate of drug-likeness (QED) is 0.651. The minimum absolute atomic E-state index is 0.0894. The molecule has 5 heteroatoms. The van der Waals surface area contributed by atoms with Crippen molar-refractivity contribution in [1.82, 2.24) is 0 Å². The average molecular weight is 277 g/mol. The number of para-hydroxylation sites is 1. The molecule has 0 fully saturated rings. The van der Waals surface area contributed by atoms with E-state index in [4.69, 9.17) is 4.18 Å². The van der Waals surface area contributed by atoms with E-state index in [1.165, 1.54) is 12.1 Å². The molecule has 0 aliphatic rings. The van der Waals surface area contributed by atoms with Crippen LogP contribution in [0.25, 0.3) is 0 Å². The predicted molar refractivity (Wildman–Crippen MR) is 74.5 cm³/mol. The highest BCUT2D eigenvalue weighted by molar-refractivity contribution is 7.86. The van der Waals surface area contributed by atoms with Crippen LogP contribution in [-0.4, -0.2) is 21.6 Å². The molecule has 19 heavy (non-hydrogen) atoms. The number of rotatable bonds is 6. The molecule has 2 aromatic rings. The Morgan fingerprint density at radius 3 is 2.11 bits per heavy atom. The fourth-order valence-corrected chi connectivity index (χ4v) is 2.49. The Balaban J connectivity index is 1.83. The van der Waals surface area contributed by atoms with E-state index in [1.54, 1.807) is 18.2 Å². The summed E-state index contributed by atoms with van der Waals surface area (Å²) in [6, 6.07) is 17.7. The Hall–Kier alpha value is -1.85. The normalized spacial score (nSPS) is 11.2. The van der Waals surface area contributed by atoms with Crippen molar-refractivity contribution in [3.63, 3.8) is 0 Å². The van der Waals surface area contributed by atoms with Gasteiger partial charge in [0.1, 0.15) is 0 Å². The minimum atomic E-state index is -3.65. The lowest BCUT2D eigenvalue weighted by atomic mass is 10.3. The number of nitrogens with one attached hydrogen (secondary N) is 1. The maximum absolute atomic E-state index is 11.8. The van der Waals surface area contributed by atoms with Crippen molar-refractivity contribution in [2.45, 2.75) is 4.90 Å². The molecule has 0 heterocycles. The molecule has 0 atom stereocenters. The summed E-state index contributed by atoms with van der Waals surface area (Å²) in [6.45, 7) is 0.516. The van der Waals surface area contributed by atoms with Gasteiger partial charge in [-0.05, 0) is 24.3 Å². The predicted octanol–water partition coefficient (Wildman–Crippen LogP) is 2.50. The van der Waals surface area contributed by atoms with E-state index in [0.717, 1.165) is 5.69 Å². The Morgan fingerprint density at radius 1 is 0.895 bits per heavy atom. The molecule has 0 bridgehead atoms. The molecule has 0 radical (unpaired) electrons. The number of benzene rings is 2. The Kier molecular flexibility index (Phi) is 4.54. The van der Waals surface area contributed by atoms with Gasteiger partial charge in [-0.25, -0.2) is 0 Å². The van der Waals surface area contributed by atoms with Crippen molar-refractivity contribution in [2.24, 2.45) is 0 Å². The van der Waals surface area contributed by atoms with Gasteiger partial charge in [0.25, 0.3) is 10.1 Å². The summed E-state index contributed by atoms with van der Waals surface area (Å²) < 4.78 is 28.5. The number of hydrogen-bond donors (Lipinski definition) is 1. The second-order valence-electron chi connectivity index (χ2n) is 3.88. The molecular weight excluding hydrogens is 262 g/mol. The van der Waals surface area contributed by atoms with Gasteiger partial charge in [0.05, 0.1) is 11.5 Å². The molecule has 4 nitrogen and oxygen atoms in total. The van der Waals surface area contributed by atoms with E-state index in [-0.39, 0.29) is 11.5 Å². The second kappa shape index (κ2) is 6.36. The molecule has 0 saturated heterocycles. The zero-order valence-electron chi connectivity index (χ0n) is 10.3. The molecule has 0 amide bonds. The van der Waals surface area contributed by atoms with Crippen LogP contribution >= 0.6 is 0 Å². The van der Waals surface area contributed by atoms with Gasteiger partial charge >= 0.3 is 0 Å². The SMILES string of the molecule is O=S(=O)(OCCNc1ccccc1)c1ccccc1. The first-order chi connectivity index (χ1) is 9.18. The zero-order valence-corrected chi connectivity index (χ0v) is 11.1. The molecule has 100 valence electrons. The average Bonchev–Trinajstić information content (AvgIpc) is 2.46. The van der Waals surface area contributed by atoms with Crippen LogP contribution in [0.5, 0.6) is 0 Å². The molecule has 0 aliphatic carbocycles. The van der Waals surface area contributed by atoms with Gasteiger partial charge in [-0.15, -0.1) is 0 Å². The first-order valence-electron chi connectivity index (χ1n) is 5.92. The van der Waals surface area contributed by atoms with Gasteiger partial charge in [-0.1, -0.05) is 36.4 Å². The minimum Gasteiger partial charge on any atom is -0.383 e. The summed E-state index contributed by atoms with van der Waals surface area (Å²) in [4.78, 5) is 0.176. The van der Waals surface area contributed by atoms with Crippen molar-refractivity contribution in [1.29, 1.82) is 0 Å². The van der Waals surface area contributed by atoms with Crippen molar-refractivity contribution in [2.75, 3.05) is 18.5 Å². The fourth-order valence-electron chi connectivity index (χ4n) is 1.56. The lowest BCUT2D eigenvalue weighted by Crippen LogP contribution is -2.14. The van der Waals surface area contributed by atoms with Crippen LogP contribution in [0.15, 0.2) is 65.6 Å². The smallest absolute Gasteiger partial charge is 0.297 e. The van der Waals surface area contributed by atoms with Crippen LogP contribution in [0.4, 0.5) is 5.69 Å². The first kappa shape index (κ1) is 13.6. The van der Waals surface area contributed by atoms with E-state index in [0.29, 0.717) is 6.54 Å². The maximum atomic E-state index is 11.8. The fraction of sp³-hybridized carbons (Fsp3) is 0.143. The summed E-state index contributed by atoms with van der Waals surface area (Å²) in [5, 5.41) is 3.08. The molecule has 0 spiro atoms.